The highest BCUT2D eigenvalue weighted by atomic mass is 14.9. The van der Waals surface area contributed by atoms with Crippen molar-refractivity contribution in [3.05, 3.63) is 139 Å². The van der Waals surface area contributed by atoms with Gasteiger partial charge in [-0.05, 0) is 71.8 Å². The maximum atomic E-state index is 9.66. The smallest absolute Gasteiger partial charge is 0.116 e. The summed E-state index contributed by atoms with van der Waals surface area (Å²) in [6.45, 7) is 0. The number of aromatic nitrogens is 5. The zero-order chi connectivity index (χ0) is 29.5. The van der Waals surface area contributed by atoms with Gasteiger partial charge in [0.05, 0.1) is 50.8 Å². The molecule has 6 nitrogen and oxygen atoms in total. The molecular weight excluding hydrogens is 540 g/mol. The Morgan fingerprint density at radius 2 is 1.07 bits per heavy atom. The van der Waals surface area contributed by atoms with Crippen molar-refractivity contribution in [2.75, 3.05) is 0 Å². The number of nitriles is 1. The van der Waals surface area contributed by atoms with Gasteiger partial charge in [0.25, 0.3) is 0 Å². The zero-order valence-electron chi connectivity index (χ0n) is 23.4. The van der Waals surface area contributed by atoms with Gasteiger partial charge in [-0.3, -0.25) is 9.97 Å². The van der Waals surface area contributed by atoms with Gasteiger partial charge in [-0.25, -0.2) is 15.0 Å². The number of rotatable bonds is 4. The molecule has 6 heteroatoms. The van der Waals surface area contributed by atoms with E-state index in [0.717, 1.165) is 60.8 Å². The molecular formula is C38H22N6. The predicted molar refractivity (Wildman–Crippen MR) is 174 cm³/mol. The van der Waals surface area contributed by atoms with E-state index >= 15 is 0 Å². The standard InChI is InChI=1S/C38H22N6/c39-23-24-8-3-9-25(20-24)37-38(44-34-15-2-1-14-33(34)43-37)36-22-26(27-10-4-16-31-28(27)12-6-18-40-31)21-35(42-36)30-11-5-17-32-29(30)13-7-19-41-32/h1-22H. The van der Waals surface area contributed by atoms with Crippen molar-refractivity contribution in [3.63, 3.8) is 0 Å². The van der Waals surface area contributed by atoms with E-state index in [2.05, 4.69) is 52.4 Å². The third kappa shape index (κ3) is 4.41. The summed E-state index contributed by atoms with van der Waals surface area (Å²) in [4.78, 5) is 24.7. The van der Waals surface area contributed by atoms with Crippen LogP contribution in [-0.2, 0) is 0 Å². The lowest BCUT2D eigenvalue weighted by molar-refractivity contribution is 1.24. The topological polar surface area (TPSA) is 88.2 Å². The first-order valence-corrected chi connectivity index (χ1v) is 14.2. The predicted octanol–water partition coefficient (Wildman–Crippen LogP) is 8.66. The molecule has 0 atom stereocenters. The van der Waals surface area contributed by atoms with Gasteiger partial charge in [-0.1, -0.05) is 60.7 Å². The van der Waals surface area contributed by atoms with Gasteiger partial charge in [0.1, 0.15) is 5.69 Å². The molecule has 0 N–H and O–H groups in total. The largest absolute Gasteiger partial charge is 0.256 e. The third-order valence-electron chi connectivity index (χ3n) is 7.78. The molecule has 0 aliphatic carbocycles. The van der Waals surface area contributed by atoms with Crippen LogP contribution in [0.3, 0.4) is 0 Å². The molecule has 0 amide bonds. The molecule has 4 aromatic carbocycles. The maximum Gasteiger partial charge on any atom is 0.116 e. The minimum Gasteiger partial charge on any atom is -0.256 e. The van der Waals surface area contributed by atoms with E-state index in [0.29, 0.717) is 22.6 Å². The van der Waals surface area contributed by atoms with Gasteiger partial charge >= 0.3 is 0 Å². The molecule has 44 heavy (non-hydrogen) atoms. The number of para-hydroxylation sites is 2. The Hall–Kier alpha value is -6.32. The van der Waals surface area contributed by atoms with Gasteiger partial charge < -0.3 is 0 Å². The van der Waals surface area contributed by atoms with E-state index in [4.69, 9.17) is 15.0 Å². The number of hydrogen-bond donors (Lipinski definition) is 0. The molecule has 0 spiro atoms. The Morgan fingerprint density at radius 1 is 0.455 bits per heavy atom. The molecule has 0 saturated heterocycles. The average molecular weight is 563 g/mol. The first-order valence-electron chi connectivity index (χ1n) is 14.2. The summed E-state index contributed by atoms with van der Waals surface area (Å²) < 4.78 is 0. The molecule has 8 aromatic rings. The summed E-state index contributed by atoms with van der Waals surface area (Å²) in [5.41, 5.74) is 10.5. The molecule has 8 rings (SSSR count). The Morgan fingerprint density at radius 3 is 1.80 bits per heavy atom. The van der Waals surface area contributed by atoms with Gasteiger partial charge in [0.2, 0.25) is 0 Å². The van der Waals surface area contributed by atoms with Crippen molar-refractivity contribution in [2.24, 2.45) is 0 Å². The first kappa shape index (κ1) is 25.4. The van der Waals surface area contributed by atoms with E-state index in [9.17, 15) is 5.26 Å². The summed E-state index contributed by atoms with van der Waals surface area (Å²) in [7, 11) is 0. The summed E-state index contributed by atoms with van der Waals surface area (Å²) in [5, 5.41) is 11.7. The van der Waals surface area contributed by atoms with Crippen molar-refractivity contribution < 1.29 is 0 Å². The lowest BCUT2D eigenvalue weighted by atomic mass is 9.96. The second-order valence-electron chi connectivity index (χ2n) is 10.5. The van der Waals surface area contributed by atoms with Crippen LogP contribution in [0, 0.1) is 11.3 Å². The Bertz CT molecular complexity index is 2320. The van der Waals surface area contributed by atoms with Crippen LogP contribution in [-0.4, -0.2) is 24.9 Å². The fourth-order valence-electron chi connectivity index (χ4n) is 5.74. The fourth-order valence-corrected chi connectivity index (χ4v) is 5.74. The highest BCUT2D eigenvalue weighted by Gasteiger charge is 2.19. The Labute approximate surface area is 253 Å². The van der Waals surface area contributed by atoms with E-state index in [1.54, 1.807) is 12.3 Å². The van der Waals surface area contributed by atoms with E-state index < -0.39 is 0 Å². The van der Waals surface area contributed by atoms with Crippen LogP contribution in [0.1, 0.15) is 5.56 Å². The monoisotopic (exact) mass is 562 g/mol. The van der Waals surface area contributed by atoms with Crippen LogP contribution in [0.15, 0.2) is 134 Å². The van der Waals surface area contributed by atoms with Crippen molar-refractivity contribution in [2.45, 2.75) is 0 Å². The minimum absolute atomic E-state index is 0.553. The number of nitrogens with zero attached hydrogens (tertiary/aromatic N) is 6. The summed E-state index contributed by atoms with van der Waals surface area (Å²) >= 11 is 0. The summed E-state index contributed by atoms with van der Waals surface area (Å²) in [6, 6.07) is 42.1. The van der Waals surface area contributed by atoms with E-state index in [1.165, 1.54) is 0 Å². The quantitative estimate of drug-likeness (QED) is 0.213. The van der Waals surface area contributed by atoms with Crippen LogP contribution in [0.4, 0.5) is 0 Å². The Balaban J connectivity index is 1.46. The molecule has 0 saturated carbocycles. The van der Waals surface area contributed by atoms with Crippen LogP contribution in [0.25, 0.3) is 77.9 Å². The highest BCUT2D eigenvalue weighted by molar-refractivity contribution is 5.99. The zero-order valence-corrected chi connectivity index (χ0v) is 23.4. The third-order valence-corrected chi connectivity index (χ3v) is 7.78. The van der Waals surface area contributed by atoms with E-state index in [-0.39, 0.29) is 0 Å². The first-order chi connectivity index (χ1) is 21.7. The van der Waals surface area contributed by atoms with E-state index in [1.807, 2.05) is 85.1 Å². The lowest BCUT2D eigenvalue weighted by Crippen LogP contribution is -1.99. The van der Waals surface area contributed by atoms with Crippen LogP contribution in [0.2, 0.25) is 0 Å². The summed E-state index contributed by atoms with van der Waals surface area (Å²) in [6.07, 6.45) is 3.61. The van der Waals surface area contributed by atoms with Gasteiger partial charge in [-0.15, -0.1) is 0 Å². The SMILES string of the molecule is N#Cc1cccc(-c2nc3ccccc3nc2-c2cc(-c3cccc4ncccc34)cc(-c3cccc4ncccc34)n2)c1. The van der Waals surface area contributed by atoms with Crippen LogP contribution in [0.5, 0.6) is 0 Å². The second kappa shape index (κ2) is 10.5. The summed E-state index contributed by atoms with van der Waals surface area (Å²) in [5.74, 6) is 0. The molecule has 0 radical (unpaired) electrons. The minimum atomic E-state index is 0.553. The molecule has 0 aliphatic rings. The maximum absolute atomic E-state index is 9.66. The van der Waals surface area contributed by atoms with Crippen molar-refractivity contribution in [3.8, 4) is 51.1 Å². The molecule has 0 fully saturated rings. The average Bonchev–Trinajstić information content (AvgIpc) is 3.10. The fraction of sp³-hybridized carbons (Fsp3) is 0. The number of pyridine rings is 3. The molecule has 4 heterocycles. The number of fused-ring (bicyclic) bond motifs is 3. The van der Waals surface area contributed by atoms with Gasteiger partial charge in [0.15, 0.2) is 0 Å². The van der Waals surface area contributed by atoms with Crippen LogP contribution >= 0.6 is 0 Å². The molecule has 204 valence electrons. The van der Waals surface area contributed by atoms with Crippen molar-refractivity contribution in [1.82, 2.24) is 24.9 Å². The van der Waals surface area contributed by atoms with Crippen molar-refractivity contribution >= 4 is 32.8 Å². The molecule has 0 bridgehead atoms. The molecule has 4 aromatic heterocycles. The number of benzene rings is 4. The van der Waals surface area contributed by atoms with Gasteiger partial charge in [0, 0.05) is 34.3 Å². The molecule has 0 unspecified atom stereocenters. The number of hydrogen-bond acceptors (Lipinski definition) is 6. The highest BCUT2D eigenvalue weighted by Crippen LogP contribution is 2.38. The normalized spacial score (nSPS) is 11.2. The molecule has 0 aliphatic heterocycles. The Kier molecular flexibility index (Phi) is 6.06. The second-order valence-corrected chi connectivity index (χ2v) is 10.5. The van der Waals surface area contributed by atoms with Gasteiger partial charge in [-0.2, -0.15) is 5.26 Å². The van der Waals surface area contributed by atoms with Crippen molar-refractivity contribution in [1.29, 1.82) is 5.26 Å². The van der Waals surface area contributed by atoms with Crippen LogP contribution < -0.4 is 0 Å². The lowest BCUT2D eigenvalue weighted by Gasteiger charge is -2.15.